The van der Waals surface area contributed by atoms with Gasteiger partial charge in [-0.15, -0.1) is 11.3 Å². The van der Waals surface area contributed by atoms with E-state index in [0.717, 1.165) is 6.42 Å². The van der Waals surface area contributed by atoms with Gasteiger partial charge in [-0.1, -0.05) is 24.6 Å². The second-order valence-corrected chi connectivity index (χ2v) is 7.95. The Morgan fingerprint density at radius 1 is 1.30 bits per heavy atom. The lowest BCUT2D eigenvalue weighted by atomic mass is 10.2. The number of urea groups is 1. The summed E-state index contributed by atoms with van der Waals surface area (Å²) in [6, 6.07) is 6.82. The molecule has 1 atom stereocenters. The molecule has 0 aliphatic rings. The predicted molar refractivity (Wildman–Crippen MR) is 110 cm³/mol. The molecule has 27 heavy (non-hydrogen) atoms. The van der Waals surface area contributed by atoms with Crippen molar-refractivity contribution in [3.05, 3.63) is 45.4 Å². The van der Waals surface area contributed by atoms with E-state index in [1.54, 1.807) is 34.5 Å². The summed E-state index contributed by atoms with van der Waals surface area (Å²) in [5.74, 6) is -0.189. The molecule has 0 saturated carbocycles. The largest absolute Gasteiger partial charge is 0.348 e. The number of halogens is 1. The highest BCUT2D eigenvalue weighted by atomic mass is 35.5. The van der Waals surface area contributed by atoms with Crippen LogP contribution in [0.1, 0.15) is 49.6 Å². The summed E-state index contributed by atoms with van der Waals surface area (Å²) in [7, 11) is 0. The third-order valence-electron chi connectivity index (χ3n) is 4.04. The van der Waals surface area contributed by atoms with E-state index < -0.39 is 0 Å². The van der Waals surface area contributed by atoms with E-state index in [1.165, 1.54) is 11.3 Å². The zero-order valence-electron chi connectivity index (χ0n) is 16.0. The number of thiazole rings is 1. The van der Waals surface area contributed by atoms with Crippen LogP contribution in [0.3, 0.4) is 0 Å². The van der Waals surface area contributed by atoms with Crippen LogP contribution in [0, 0.1) is 0 Å². The fourth-order valence-electron chi connectivity index (χ4n) is 2.28. The van der Waals surface area contributed by atoms with Gasteiger partial charge in [0.05, 0.1) is 6.54 Å². The van der Waals surface area contributed by atoms with E-state index in [9.17, 15) is 9.59 Å². The lowest BCUT2D eigenvalue weighted by Gasteiger charge is -2.26. The summed E-state index contributed by atoms with van der Waals surface area (Å²) in [6.07, 6.45) is 0.855. The minimum atomic E-state index is -0.243. The van der Waals surface area contributed by atoms with Crippen molar-refractivity contribution in [2.45, 2.75) is 52.7 Å². The Balaban J connectivity index is 2.05. The van der Waals surface area contributed by atoms with Crippen molar-refractivity contribution in [1.29, 1.82) is 0 Å². The van der Waals surface area contributed by atoms with Crippen molar-refractivity contribution in [3.63, 3.8) is 0 Å². The molecule has 3 amide bonds. The summed E-state index contributed by atoms with van der Waals surface area (Å²) in [6.45, 7) is 8.15. The first-order valence-electron chi connectivity index (χ1n) is 8.88. The maximum atomic E-state index is 12.7. The van der Waals surface area contributed by atoms with E-state index in [2.05, 4.69) is 15.6 Å². The molecule has 0 aliphatic carbocycles. The number of hydrogen-bond donors (Lipinski definition) is 2. The summed E-state index contributed by atoms with van der Waals surface area (Å²) in [5, 5.41) is 8.73. The molecule has 2 N–H and O–H groups in total. The average molecular weight is 409 g/mol. The molecule has 2 aromatic rings. The van der Waals surface area contributed by atoms with Crippen LogP contribution in [0.15, 0.2) is 29.6 Å². The van der Waals surface area contributed by atoms with Crippen LogP contribution in [0.5, 0.6) is 0 Å². The standard InChI is InChI=1S/C19H25ClN4O2S/c1-5-13(4)21-18(25)16-11-27-17(23-16)10-24(12(2)3)19(26)22-15-8-6-7-14(20)9-15/h6-9,11-13H,5,10H2,1-4H3,(H,21,25)(H,22,26)/t13-/m0/s1. The Hall–Kier alpha value is -2.12. The number of anilines is 1. The number of aromatic nitrogens is 1. The first-order valence-corrected chi connectivity index (χ1v) is 10.1. The molecule has 1 aromatic carbocycles. The normalized spacial score (nSPS) is 11.9. The fraction of sp³-hybridized carbons (Fsp3) is 0.421. The smallest absolute Gasteiger partial charge is 0.322 e. The molecular formula is C19H25ClN4O2S. The topological polar surface area (TPSA) is 74.3 Å². The Kier molecular flexibility index (Phi) is 7.62. The molecule has 8 heteroatoms. The maximum absolute atomic E-state index is 12.7. The Morgan fingerprint density at radius 2 is 2.04 bits per heavy atom. The summed E-state index contributed by atoms with van der Waals surface area (Å²) < 4.78 is 0. The van der Waals surface area contributed by atoms with E-state index in [-0.39, 0.29) is 24.0 Å². The molecule has 0 radical (unpaired) electrons. The zero-order chi connectivity index (χ0) is 20.0. The molecule has 6 nitrogen and oxygen atoms in total. The van der Waals surface area contributed by atoms with E-state index in [1.807, 2.05) is 27.7 Å². The van der Waals surface area contributed by atoms with Gasteiger partial charge in [-0.05, 0) is 45.4 Å². The number of carbonyl (C=O) groups excluding carboxylic acids is 2. The van der Waals surface area contributed by atoms with Crippen molar-refractivity contribution in [3.8, 4) is 0 Å². The summed E-state index contributed by atoms with van der Waals surface area (Å²) >= 11 is 7.34. The Bertz CT molecular complexity index is 794. The van der Waals surface area contributed by atoms with E-state index >= 15 is 0 Å². The van der Waals surface area contributed by atoms with Crippen molar-refractivity contribution >= 4 is 40.6 Å². The minimum absolute atomic E-state index is 0.0366. The molecular weight excluding hydrogens is 384 g/mol. The third-order valence-corrected chi connectivity index (χ3v) is 5.11. The number of nitrogens with zero attached hydrogens (tertiary/aromatic N) is 2. The highest BCUT2D eigenvalue weighted by Crippen LogP contribution is 2.18. The van der Waals surface area contributed by atoms with Gasteiger partial charge in [-0.2, -0.15) is 0 Å². The number of benzene rings is 1. The van der Waals surface area contributed by atoms with Gasteiger partial charge in [0, 0.05) is 28.2 Å². The van der Waals surface area contributed by atoms with Crippen LogP contribution in [-0.2, 0) is 6.54 Å². The fourth-order valence-corrected chi connectivity index (χ4v) is 3.25. The van der Waals surface area contributed by atoms with Crippen molar-refractivity contribution < 1.29 is 9.59 Å². The number of carbonyl (C=O) groups is 2. The molecule has 146 valence electrons. The molecule has 0 spiro atoms. The first kappa shape index (κ1) is 21.2. The second-order valence-electron chi connectivity index (χ2n) is 6.57. The Labute approximate surface area is 168 Å². The summed E-state index contributed by atoms with van der Waals surface area (Å²) in [4.78, 5) is 30.9. The Morgan fingerprint density at radius 3 is 2.67 bits per heavy atom. The quantitative estimate of drug-likeness (QED) is 0.693. The van der Waals surface area contributed by atoms with Gasteiger partial charge in [-0.25, -0.2) is 9.78 Å². The van der Waals surface area contributed by atoms with Crippen molar-refractivity contribution in [2.24, 2.45) is 0 Å². The first-order chi connectivity index (χ1) is 12.8. The average Bonchev–Trinajstić information content (AvgIpc) is 3.08. The number of hydrogen-bond acceptors (Lipinski definition) is 4. The third kappa shape index (κ3) is 6.22. The molecule has 1 aromatic heterocycles. The van der Waals surface area contributed by atoms with Gasteiger partial charge in [0.2, 0.25) is 0 Å². The monoisotopic (exact) mass is 408 g/mol. The van der Waals surface area contributed by atoms with Crippen LogP contribution in [0.4, 0.5) is 10.5 Å². The molecule has 0 saturated heterocycles. The van der Waals surface area contributed by atoms with Crippen LogP contribution in [0.2, 0.25) is 5.02 Å². The number of rotatable bonds is 7. The lowest BCUT2D eigenvalue weighted by Crippen LogP contribution is -2.39. The van der Waals surface area contributed by atoms with Crippen LogP contribution in [0.25, 0.3) is 0 Å². The lowest BCUT2D eigenvalue weighted by molar-refractivity contribution is 0.0934. The van der Waals surface area contributed by atoms with Gasteiger partial charge < -0.3 is 15.5 Å². The summed E-state index contributed by atoms with van der Waals surface area (Å²) in [5.41, 5.74) is 1.01. The maximum Gasteiger partial charge on any atom is 0.322 e. The predicted octanol–water partition coefficient (Wildman–Crippen LogP) is 4.77. The van der Waals surface area contributed by atoms with Gasteiger partial charge in [0.25, 0.3) is 5.91 Å². The molecule has 1 heterocycles. The van der Waals surface area contributed by atoms with Gasteiger partial charge in [-0.3, -0.25) is 4.79 Å². The van der Waals surface area contributed by atoms with Crippen molar-refractivity contribution in [2.75, 3.05) is 5.32 Å². The molecule has 0 aliphatic heterocycles. The number of amides is 3. The van der Waals surface area contributed by atoms with Gasteiger partial charge >= 0.3 is 6.03 Å². The van der Waals surface area contributed by atoms with Crippen LogP contribution in [-0.4, -0.2) is 33.9 Å². The molecule has 0 unspecified atom stereocenters. The van der Waals surface area contributed by atoms with Gasteiger partial charge in [0.1, 0.15) is 10.7 Å². The van der Waals surface area contributed by atoms with E-state index in [4.69, 9.17) is 11.6 Å². The second kappa shape index (κ2) is 9.71. The van der Waals surface area contributed by atoms with Crippen LogP contribution < -0.4 is 10.6 Å². The van der Waals surface area contributed by atoms with Gasteiger partial charge in [0.15, 0.2) is 0 Å². The highest BCUT2D eigenvalue weighted by molar-refractivity contribution is 7.09. The molecule has 2 rings (SSSR count). The zero-order valence-corrected chi connectivity index (χ0v) is 17.5. The highest BCUT2D eigenvalue weighted by Gasteiger charge is 2.20. The van der Waals surface area contributed by atoms with E-state index in [0.29, 0.717) is 28.0 Å². The SMILES string of the molecule is CC[C@H](C)NC(=O)c1csc(CN(C(=O)Nc2cccc(Cl)c2)C(C)C)n1. The molecule has 0 fully saturated rings. The van der Waals surface area contributed by atoms with Crippen molar-refractivity contribution in [1.82, 2.24) is 15.2 Å². The number of nitrogens with one attached hydrogen (secondary N) is 2. The molecule has 0 bridgehead atoms. The van der Waals surface area contributed by atoms with Crippen LogP contribution >= 0.6 is 22.9 Å². The minimum Gasteiger partial charge on any atom is -0.348 e.